The fraction of sp³-hybridized carbons (Fsp3) is 0.714. The van der Waals surface area contributed by atoms with Crippen LogP contribution in [0, 0.1) is 0 Å². The Hall–Kier alpha value is -0.550. The zero-order valence-corrected chi connectivity index (χ0v) is 7.60. The molecule has 1 saturated heterocycles. The quantitative estimate of drug-likeness (QED) is 0.582. The Balaban J connectivity index is 2.29. The third kappa shape index (κ3) is 2.83. The molecule has 0 radical (unpaired) electrons. The second-order valence-corrected chi connectivity index (χ2v) is 3.90. The van der Waals surface area contributed by atoms with Gasteiger partial charge in [0.25, 0.3) is 5.91 Å². The molecule has 0 atom stereocenters. The first kappa shape index (κ1) is 9.54. The van der Waals surface area contributed by atoms with Gasteiger partial charge in [-0.25, -0.2) is 0 Å². The van der Waals surface area contributed by atoms with Crippen LogP contribution in [0.2, 0.25) is 0 Å². The van der Waals surface area contributed by atoms with Crippen molar-refractivity contribution in [3.05, 3.63) is 0 Å². The van der Waals surface area contributed by atoms with Crippen molar-refractivity contribution in [2.75, 3.05) is 31.1 Å². The summed E-state index contributed by atoms with van der Waals surface area (Å²) in [7, 11) is 0. The molecule has 1 aliphatic rings. The molecule has 4 nitrogen and oxygen atoms in total. The number of ketones is 1. The Kier molecular flexibility index (Phi) is 3.55. The van der Waals surface area contributed by atoms with Gasteiger partial charge in [0.2, 0.25) is 5.78 Å². The fourth-order valence-corrected chi connectivity index (χ4v) is 2.02. The van der Waals surface area contributed by atoms with Crippen LogP contribution in [0.15, 0.2) is 0 Å². The first-order chi connectivity index (χ1) is 5.70. The molecule has 12 heavy (non-hydrogen) atoms. The minimum Gasteiger partial charge on any atom is -0.363 e. The second-order valence-electron chi connectivity index (χ2n) is 2.68. The maximum atomic E-state index is 10.9. The first-order valence-electron chi connectivity index (χ1n) is 3.83. The summed E-state index contributed by atoms with van der Waals surface area (Å²) >= 11 is 1.86. The monoisotopic (exact) mass is 188 g/mol. The lowest BCUT2D eigenvalue weighted by atomic mass is 10.3. The minimum absolute atomic E-state index is 0.190. The number of hydrogen-bond acceptors (Lipinski definition) is 4. The topological polar surface area (TPSA) is 63.4 Å². The summed E-state index contributed by atoms with van der Waals surface area (Å²) in [4.78, 5) is 23.3. The third-order valence-corrected chi connectivity index (χ3v) is 2.69. The lowest BCUT2D eigenvalue weighted by molar-refractivity contribution is -0.136. The smallest absolute Gasteiger partial charge is 0.286 e. The Morgan fingerprint density at radius 1 is 1.33 bits per heavy atom. The van der Waals surface area contributed by atoms with E-state index in [0.29, 0.717) is 0 Å². The molecule has 0 spiro atoms. The van der Waals surface area contributed by atoms with Crippen molar-refractivity contribution in [1.29, 1.82) is 0 Å². The Morgan fingerprint density at radius 2 is 1.92 bits per heavy atom. The molecule has 0 aromatic heterocycles. The number of thioether (sulfide) groups is 1. The van der Waals surface area contributed by atoms with Gasteiger partial charge < -0.3 is 5.73 Å². The maximum absolute atomic E-state index is 10.9. The number of Topliss-reactive ketones (excluding diaryl/α,β-unsaturated/α-hetero) is 1. The second kappa shape index (κ2) is 4.47. The van der Waals surface area contributed by atoms with E-state index in [1.807, 2.05) is 16.7 Å². The number of primary amides is 1. The third-order valence-electron chi connectivity index (χ3n) is 1.75. The van der Waals surface area contributed by atoms with E-state index >= 15 is 0 Å². The van der Waals surface area contributed by atoms with Gasteiger partial charge in [-0.05, 0) is 0 Å². The normalized spacial score (nSPS) is 19.0. The number of rotatable bonds is 3. The Labute approximate surface area is 75.5 Å². The number of nitrogens with zero attached hydrogens (tertiary/aromatic N) is 1. The maximum Gasteiger partial charge on any atom is 0.286 e. The summed E-state index contributed by atoms with van der Waals surface area (Å²) in [5, 5.41) is 0. The molecular weight excluding hydrogens is 176 g/mol. The van der Waals surface area contributed by atoms with Gasteiger partial charge in [-0.3, -0.25) is 14.5 Å². The summed E-state index contributed by atoms with van der Waals surface area (Å²) in [6, 6.07) is 0. The van der Waals surface area contributed by atoms with Gasteiger partial charge in [-0.15, -0.1) is 0 Å². The van der Waals surface area contributed by atoms with E-state index < -0.39 is 11.7 Å². The van der Waals surface area contributed by atoms with Crippen molar-refractivity contribution in [3.8, 4) is 0 Å². The van der Waals surface area contributed by atoms with E-state index in [2.05, 4.69) is 0 Å². The lowest BCUT2D eigenvalue weighted by Crippen LogP contribution is -2.40. The van der Waals surface area contributed by atoms with Crippen molar-refractivity contribution in [3.63, 3.8) is 0 Å². The molecular formula is C7H12N2O2S. The van der Waals surface area contributed by atoms with Gasteiger partial charge in [0.1, 0.15) is 0 Å². The number of carbonyl (C=O) groups is 2. The summed E-state index contributed by atoms with van der Waals surface area (Å²) in [6.45, 7) is 1.95. The van der Waals surface area contributed by atoms with Crippen molar-refractivity contribution >= 4 is 23.5 Å². The number of hydrogen-bond donors (Lipinski definition) is 1. The summed E-state index contributed by atoms with van der Waals surface area (Å²) in [6.07, 6.45) is 0. The molecule has 2 N–H and O–H groups in total. The summed E-state index contributed by atoms with van der Waals surface area (Å²) in [5.74, 6) is 0.757. The van der Waals surface area contributed by atoms with Crippen LogP contribution < -0.4 is 5.73 Å². The minimum atomic E-state index is -0.826. The molecule has 0 bridgehead atoms. The average molecular weight is 188 g/mol. The van der Waals surface area contributed by atoms with Crippen molar-refractivity contribution in [2.45, 2.75) is 0 Å². The molecule has 5 heteroatoms. The molecule has 1 fully saturated rings. The molecule has 1 amide bonds. The SMILES string of the molecule is NC(=O)C(=O)CN1CCSCC1. The van der Waals surface area contributed by atoms with Crippen LogP contribution >= 0.6 is 11.8 Å². The van der Waals surface area contributed by atoms with Gasteiger partial charge in [-0.1, -0.05) is 0 Å². The number of nitrogens with two attached hydrogens (primary N) is 1. The van der Waals surface area contributed by atoms with Crippen LogP contribution in [-0.2, 0) is 9.59 Å². The molecule has 0 unspecified atom stereocenters. The molecule has 1 heterocycles. The molecule has 1 rings (SSSR count). The molecule has 0 aromatic carbocycles. The number of carbonyl (C=O) groups excluding carboxylic acids is 2. The van der Waals surface area contributed by atoms with Gasteiger partial charge >= 0.3 is 0 Å². The van der Waals surface area contributed by atoms with Crippen molar-refractivity contribution < 1.29 is 9.59 Å². The highest BCUT2D eigenvalue weighted by molar-refractivity contribution is 7.99. The van der Waals surface area contributed by atoms with E-state index in [-0.39, 0.29) is 6.54 Å². The van der Waals surface area contributed by atoms with E-state index in [0.717, 1.165) is 24.6 Å². The zero-order valence-electron chi connectivity index (χ0n) is 6.78. The van der Waals surface area contributed by atoms with E-state index in [9.17, 15) is 9.59 Å². The average Bonchev–Trinajstić information content (AvgIpc) is 2.06. The van der Waals surface area contributed by atoms with Gasteiger partial charge in [0.15, 0.2) is 0 Å². The standard InChI is InChI=1S/C7H12N2O2S/c8-7(11)6(10)5-9-1-3-12-4-2-9/h1-5H2,(H2,8,11). The van der Waals surface area contributed by atoms with Crippen molar-refractivity contribution in [1.82, 2.24) is 4.90 Å². The largest absolute Gasteiger partial charge is 0.363 e. The zero-order chi connectivity index (χ0) is 8.97. The highest BCUT2D eigenvalue weighted by atomic mass is 32.2. The molecule has 0 saturated carbocycles. The van der Waals surface area contributed by atoms with Crippen LogP contribution in [0.4, 0.5) is 0 Å². The van der Waals surface area contributed by atoms with Crippen LogP contribution in [0.1, 0.15) is 0 Å². The highest BCUT2D eigenvalue weighted by Crippen LogP contribution is 2.08. The highest BCUT2D eigenvalue weighted by Gasteiger charge is 2.16. The predicted molar refractivity (Wildman–Crippen MR) is 48.0 cm³/mol. The predicted octanol–water partition coefficient (Wildman–Crippen LogP) is -0.910. The molecule has 0 aromatic rings. The summed E-state index contributed by atoms with van der Waals surface area (Å²) in [5.41, 5.74) is 4.83. The van der Waals surface area contributed by atoms with Crippen LogP contribution in [-0.4, -0.2) is 47.7 Å². The molecule has 1 aliphatic heterocycles. The fourth-order valence-electron chi connectivity index (χ4n) is 1.04. The van der Waals surface area contributed by atoms with Gasteiger partial charge in [-0.2, -0.15) is 11.8 Å². The first-order valence-corrected chi connectivity index (χ1v) is 4.98. The Morgan fingerprint density at radius 3 is 2.42 bits per heavy atom. The van der Waals surface area contributed by atoms with Gasteiger partial charge in [0.05, 0.1) is 6.54 Å². The summed E-state index contributed by atoms with van der Waals surface area (Å²) < 4.78 is 0. The van der Waals surface area contributed by atoms with E-state index in [4.69, 9.17) is 5.73 Å². The van der Waals surface area contributed by atoms with Crippen LogP contribution in [0.5, 0.6) is 0 Å². The van der Waals surface area contributed by atoms with E-state index in [1.165, 1.54) is 0 Å². The van der Waals surface area contributed by atoms with Crippen LogP contribution in [0.25, 0.3) is 0 Å². The van der Waals surface area contributed by atoms with Gasteiger partial charge in [0, 0.05) is 24.6 Å². The van der Waals surface area contributed by atoms with E-state index in [1.54, 1.807) is 0 Å². The molecule has 0 aliphatic carbocycles. The van der Waals surface area contributed by atoms with Crippen molar-refractivity contribution in [2.24, 2.45) is 5.73 Å². The lowest BCUT2D eigenvalue weighted by Gasteiger charge is -2.24. The number of amides is 1. The van der Waals surface area contributed by atoms with Crippen LogP contribution in [0.3, 0.4) is 0 Å². The molecule has 68 valence electrons. The Bertz CT molecular complexity index is 190.